The van der Waals surface area contributed by atoms with Crippen molar-refractivity contribution in [2.75, 3.05) is 33.3 Å². The molecular weight excluding hydrogens is 390 g/mol. The van der Waals surface area contributed by atoms with Crippen LogP contribution in [-0.2, 0) is 11.2 Å². The number of nitrogens with zero attached hydrogens (tertiary/aromatic N) is 2. The van der Waals surface area contributed by atoms with E-state index < -0.39 is 0 Å². The second-order valence-electron chi connectivity index (χ2n) is 8.66. The predicted octanol–water partition coefficient (Wildman–Crippen LogP) is 1.91. The predicted molar refractivity (Wildman–Crippen MR) is 113 cm³/mol. The maximum absolute atomic E-state index is 12.5. The Bertz CT molecular complexity index is 850. The Morgan fingerprint density at radius 2 is 2.21 bits per heavy atom. The number of fused-ring (bicyclic) bond motifs is 1. The number of carbonyl (C=O) groups excluding carboxylic acids is 1. The van der Waals surface area contributed by atoms with Crippen molar-refractivity contribution < 1.29 is 9.53 Å². The molecule has 1 saturated heterocycles. The molecule has 1 spiro atoms. The van der Waals surface area contributed by atoms with E-state index in [2.05, 4.69) is 5.32 Å². The maximum atomic E-state index is 12.5. The topological polar surface area (TPSA) is 96.8 Å². The largest absolute Gasteiger partial charge is 0.487 e. The first-order valence-electron chi connectivity index (χ1n) is 10.2. The van der Waals surface area contributed by atoms with E-state index in [1.807, 2.05) is 24.0 Å². The summed E-state index contributed by atoms with van der Waals surface area (Å²) in [5.41, 5.74) is 9.86. The molecule has 3 aliphatic rings. The molecule has 0 bridgehead atoms. The average molecular weight is 420 g/mol. The highest BCUT2D eigenvalue weighted by atomic mass is 35.5. The van der Waals surface area contributed by atoms with Gasteiger partial charge in [-0.15, -0.1) is 0 Å². The number of allylic oxidation sites excluding steroid dienone is 1. The van der Waals surface area contributed by atoms with Gasteiger partial charge in [0.05, 0.1) is 11.7 Å². The summed E-state index contributed by atoms with van der Waals surface area (Å²) in [7, 11) is 1.74. The molecular formula is C21H30ClN5O2. The van der Waals surface area contributed by atoms with Gasteiger partial charge in [0.1, 0.15) is 12.4 Å². The first-order valence-corrected chi connectivity index (χ1v) is 10.6. The number of nitrogens with one attached hydrogen (secondary N) is 1. The lowest BCUT2D eigenvalue weighted by Gasteiger charge is -2.32. The molecule has 1 amide bonds. The van der Waals surface area contributed by atoms with E-state index in [9.17, 15) is 4.79 Å². The van der Waals surface area contributed by atoms with E-state index in [0.29, 0.717) is 18.7 Å². The Hall–Kier alpha value is -1.96. The lowest BCUT2D eigenvalue weighted by atomic mass is 9.92. The van der Waals surface area contributed by atoms with Crippen molar-refractivity contribution in [1.82, 2.24) is 15.2 Å². The molecule has 8 heteroatoms. The van der Waals surface area contributed by atoms with E-state index in [1.165, 1.54) is 17.9 Å². The minimum atomic E-state index is -0.00576. The Labute approximate surface area is 176 Å². The minimum Gasteiger partial charge on any atom is -0.487 e. The van der Waals surface area contributed by atoms with Gasteiger partial charge in [-0.2, -0.15) is 0 Å². The third kappa shape index (κ3) is 4.04. The standard InChI is InChI=1S/C21H30ClN5O2/c1-13(26(2)24)16(23)11-29-18-4-3-15(22)14-5-8-25-17(20(14)18)10-27-12-21(6-7-21)9-19(27)28/h3-4,17,25H,5-12,23-24H2,1-2H3/b16-13-/t17-/m1/s1. The number of rotatable bonds is 6. The lowest BCUT2D eigenvalue weighted by molar-refractivity contribution is -0.128. The molecule has 1 aliphatic carbocycles. The number of hydrogen-bond donors (Lipinski definition) is 3. The number of ether oxygens (including phenoxy) is 1. The zero-order valence-corrected chi connectivity index (χ0v) is 17.9. The molecule has 2 fully saturated rings. The molecule has 0 radical (unpaired) electrons. The second kappa shape index (κ2) is 7.70. The van der Waals surface area contributed by atoms with Crippen LogP contribution in [0.4, 0.5) is 0 Å². The number of hydrogen-bond acceptors (Lipinski definition) is 6. The van der Waals surface area contributed by atoms with Gasteiger partial charge in [0.25, 0.3) is 0 Å². The summed E-state index contributed by atoms with van der Waals surface area (Å²) in [5, 5.41) is 5.78. The number of hydrazine groups is 1. The summed E-state index contributed by atoms with van der Waals surface area (Å²) in [6, 6.07) is 3.76. The van der Waals surface area contributed by atoms with Crippen LogP contribution in [-0.4, -0.2) is 49.1 Å². The van der Waals surface area contributed by atoms with Crippen molar-refractivity contribution >= 4 is 17.5 Å². The Morgan fingerprint density at radius 3 is 2.86 bits per heavy atom. The average Bonchev–Trinajstić information content (AvgIpc) is 3.37. The van der Waals surface area contributed by atoms with Crippen LogP contribution in [0, 0.1) is 5.41 Å². The molecule has 4 rings (SSSR count). The Balaban J connectivity index is 1.57. The van der Waals surface area contributed by atoms with Crippen LogP contribution in [0.15, 0.2) is 23.5 Å². The van der Waals surface area contributed by atoms with Gasteiger partial charge in [-0.25, -0.2) is 5.84 Å². The SMILES string of the molecule is C/C(=C(/N)COc1ccc(Cl)c2c1[C@@H](CN1CC3(CC3)CC1=O)NCC2)N(C)N. The molecule has 29 heavy (non-hydrogen) atoms. The van der Waals surface area contributed by atoms with E-state index in [1.54, 1.807) is 7.05 Å². The van der Waals surface area contributed by atoms with Crippen molar-refractivity contribution in [3.8, 4) is 5.75 Å². The summed E-state index contributed by atoms with van der Waals surface area (Å²) in [4.78, 5) is 14.5. The molecule has 1 atom stereocenters. The van der Waals surface area contributed by atoms with Crippen molar-refractivity contribution in [2.24, 2.45) is 17.0 Å². The van der Waals surface area contributed by atoms with E-state index in [-0.39, 0.29) is 24.0 Å². The summed E-state index contributed by atoms with van der Waals surface area (Å²) in [6.07, 6.45) is 3.86. The van der Waals surface area contributed by atoms with E-state index >= 15 is 0 Å². The van der Waals surface area contributed by atoms with Gasteiger partial charge >= 0.3 is 0 Å². The van der Waals surface area contributed by atoms with Gasteiger partial charge in [0.15, 0.2) is 0 Å². The van der Waals surface area contributed by atoms with Gasteiger partial charge < -0.3 is 25.7 Å². The molecule has 7 nitrogen and oxygen atoms in total. The molecule has 0 unspecified atom stereocenters. The van der Waals surface area contributed by atoms with Gasteiger partial charge in [-0.3, -0.25) is 4.79 Å². The van der Waals surface area contributed by atoms with Crippen molar-refractivity contribution in [2.45, 2.75) is 38.6 Å². The van der Waals surface area contributed by atoms with E-state index in [4.69, 9.17) is 27.9 Å². The molecule has 1 saturated carbocycles. The van der Waals surface area contributed by atoms with Crippen molar-refractivity contribution in [3.05, 3.63) is 39.7 Å². The summed E-state index contributed by atoms with van der Waals surface area (Å²) in [6.45, 7) is 4.42. The smallest absolute Gasteiger partial charge is 0.223 e. The lowest BCUT2D eigenvalue weighted by Crippen LogP contribution is -2.40. The normalized spacial score (nSPS) is 23.1. The van der Waals surface area contributed by atoms with Crippen molar-refractivity contribution in [1.29, 1.82) is 0 Å². The van der Waals surface area contributed by atoms with Gasteiger partial charge in [0, 0.05) is 42.8 Å². The number of likely N-dealkylation sites (tertiary alicyclic amines) is 1. The number of carbonyl (C=O) groups is 1. The van der Waals surface area contributed by atoms with Crippen LogP contribution >= 0.6 is 11.6 Å². The van der Waals surface area contributed by atoms with Gasteiger partial charge in [-0.05, 0) is 55.8 Å². The minimum absolute atomic E-state index is 0.00576. The first kappa shape index (κ1) is 20.3. The zero-order valence-electron chi connectivity index (χ0n) is 17.1. The van der Waals surface area contributed by atoms with Gasteiger partial charge in [-0.1, -0.05) is 11.6 Å². The van der Waals surface area contributed by atoms with Crippen LogP contribution in [0.25, 0.3) is 0 Å². The highest BCUT2D eigenvalue weighted by Gasteiger charge is 2.52. The molecule has 1 aromatic rings. The highest BCUT2D eigenvalue weighted by molar-refractivity contribution is 6.31. The summed E-state index contributed by atoms with van der Waals surface area (Å²) < 4.78 is 6.10. The Morgan fingerprint density at radius 1 is 1.45 bits per heavy atom. The monoisotopic (exact) mass is 419 g/mol. The number of nitrogens with two attached hydrogens (primary N) is 2. The fourth-order valence-corrected chi connectivity index (χ4v) is 4.63. The maximum Gasteiger partial charge on any atom is 0.223 e. The van der Waals surface area contributed by atoms with Crippen LogP contribution in [0.1, 0.15) is 43.4 Å². The van der Waals surface area contributed by atoms with Crippen LogP contribution < -0.4 is 21.6 Å². The summed E-state index contributed by atoms with van der Waals surface area (Å²) >= 11 is 6.51. The number of halogens is 1. The Kier molecular flexibility index (Phi) is 5.40. The number of amides is 1. The van der Waals surface area contributed by atoms with Crippen molar-refractivity contribution in [3.63, 3.8) is 0 Å². The molecule has 0 aromatic heterocycles. The third-order valence-corrected chi connectivity index (χ3v) is 6.87. The van der Waals surface area contributed by atoms with Crippen LogP contribution in [0.2, 0.25) is 5.02 Å². The molecule has 2 heterocycles. The van der Waals surface area contributed by atoms with Crippen LogP contribution in [0.3, 0.4) is 0 Å². The fraction of sp³-hybridized carbons (Fsp3) is 0.571. The second-order valence-corrected chi connectivity index (χ2v) is 9.06. The summed E-state index contributed by atoms with van der Waals surface area (Å²) in [5.74, 6) is 6.78. The fourth-order valence-electron chi connectivity index (χ4n) is 4.37. The quantitative estimate of drug-likeness (QED) is 0.481. The van der Waals surface area contributed by atoms with E-state index in [0.717, 1.165) is 47.1 Å². The van der Waals surface area contributed by atoms with Gasteiger partial charge in [0.2, 0.25) is 5.91 Å². The highest BCUT2D eigenvalue weighted by Crippen LogP contribution is 2.53. The first-order chi connectivity index (χ1) is 13.8. The number of benzene rings is 1. The third-order valence-electron chi connectivity index (χ3n) is 6.52. The molecule has 2 aliphatic heterocycles. The molecule has 5 N–H and O–H groups in total. The molecule has 158 valence electrons. The molecule has 1 aromatic carbocycles. The van der Waals surface area contributed by atoms with Crippen LogP contribution in [0.5, 0.6) is 5.75 Å². The zero-order chi connectivity index (χ0) is 20.8.